The van der Waals surface area contributed by atoms with E-state index in [1.807, 2.05) is 0 Å². The molecule has 4 N–H and O–H groups in total. The van der Waals surface area contributed by atoms with Gasteiger partial charge in [0.05, 0.1) is 26.4 Å². The summed E-state index contributed by atoms with van der Waals surface area (Å²) in [6.45, 7) is 2.32. The van der Waals surface area contributed by atoms with Gasteiger partial charge in [0.2, 0.25) is 0 Å². The molecule has 0 amide bonds. The number of unbranched alkanes of at least 4 members (excludes halogenated alkanes) is 16. The van der Waals surface area contributed by atoms with Gasteiger partial charge < -0.3 is 34.2 Å². The van der Waals surface area contributed by atoms with Crippen LogP contribution in [-0.4, -0.2) is 95.9 Å². The first-order chi connectivity index (χ1) is 44.2. The molecule has 0 aromatic heterocycles. The van der Waals surface area contributed by atoms with Gasteiger partial charge in [-0.15, -0.1) is 0 Å². The molecule has 0 radical (unpaired) electrons. The van der Waals surface area contributed by atoms with Gasteiger partial charge in [0.25, 0.3) is 0 Å². The Labute approximate surface area is 549 Å². The number of phosphoric ester groups is 2. The molecule has 5 unspecified atom stereocenters. The van der Waals surface area contributed by atoms with Gasteiger partial charge in [-0.2, -0.15) is 0 Å². The fraction of sp³-hybridized carbons (Fsp3) is 0.630. The van der Waals surface area contributed by atoms with Crippen molar-refractivity contribution in [2.75, 3.05) is 39.6 Å². The van der Waals surface area contributed by atoms with Crippen LogP contribution in [0.4, 0.5) is 0 Å². The van der Waals surface area contributed by atoms with Crippen molar-refractivity contribution in [1.82, 2.24) is 0 Å². The summed E-state index contributed by atoms with van der Waals surface area (Å²) in [5, 5.41) is 20.5. The van der Waals surface area contributed by atoms with Crippen LogP contribution >= 0.6 is 15.6 Å². The Hall–Kier alpha value is -4.57. The normalized spacial score (nSPS) is 15.1. The Morgan fingerprint density at radius 3 is 0.945 bits per heavy atom. The first-order valence-corrected chi connectivity index (χ1v) is 37.1. The zero-order valence-electron chi connectivity index (χ0n) is 56.0. The highest BCUT2D eigenvalue weighted by Crippen LogP contribution is 2.45. The number of allylic oxidation sites excluding steroid dienone is 24. The van der Waals surface area contributed by atoms with Gasteiger partial charge in [-0.1, -0.05) is 244 Å². The number of carbonyl (C=O) groups excluding carboxylic acids is 3. The van der Waals surface area contributed by atoms with Crippen LogP contribution in [0.3, 0.4) is 0 Å². The third-order valence-corrected chi connectivity index (χ3v) is 15.5. The Bertz CT molecular complexity index is 2240. The number of rotatable bonds is 63. The molecular formula is C73H120O16P2. The summed E-state index contributed by atoms with van der Waals surface area (Å²) < 4.78 is 60.8. The van der Waals surface area contributed by atoms with Crippen molar-refractivity contribution in [2.24, 2.45) is 0 Å². The monoisotopic (exact) mass is 1310 g/mol. The van der Waals surface area contributed by atoms with E-state index in [1.165, 1.54) is 38.5 Å². The van der Waals surface area contributed by atoms with Crippen LogP contribution in [0.5, 0.6) is 0 Å². The lowest BCUT2D eigenvalue weighted by Gasteiger charge is -2.21. The highest BCUT2D eigenvalue weighted by atomic mass is 31.2. The topological polar surface area (TPSA) is 231 Å². The molecule has 0 bridgehead atoms. The maximum atomic E-state index is 12.9. The molecule has 0 saturated carbocycles. The van der Waals surface area contributed by atoms with E-state index < -0.39 is 91.5 Å². The SMILES string of the molecule is CC/C=C\C/C=C\C/C=C\C/C=C\C/C=C\C/C=C\CCCCCCC(=O)OCC(O)COP(=O)(O)OCC(O)COP(=O)(O)OCC(COC(=O)CCCC/C=C\C/C=C\C/C=C\C/C=C\C/C=C\C/C=C\CC)OC(=O)CCCCCCCCCCCCC. The fourth-order valence-electron chi connectivity index (χ4n) is 8.40. The maximum Gasteiger partial charge on any atom is 0.472 e. The minimum Gasteiger partial charge on any atom is -0.463 e. The molecule has 91 heavy (non-hydrogen) atoms. The van der Waals surface area contributed by atoms with Crippen LogP contribution in [0.25, 0.3) is 0 Å². The van der Waals surface area contributed by atoms with Crippen LogP contribution in [0, 0.1) is 0 Å². The number of esters is 3. The Morgan fingerprint density at radius 2 is 0.582 bits per heavy atom. The smallest absolute Gasteiger partial charge is 0.463 e. The van der Waals surface area contributed by atoms with Gasteiger partial charge in [-0.3, -0.25) is 32.5 Å². The third kappa shape index (κ3) is 66.7. The molecule has 0 rings (SSSR count). The number of carbonyl (C=O) groups is 3. The molecule has 0 aromatic carbocycles. The van der Waals surface area contributed by atoms with Crippen molar-refractivity contribution in [3.05, 3.63) is 146 Å². The second-order valence-corrected chi connectivity index (χ2v) is 25.1. The van der Waals surface area contributed by atoms with Gasteiger partial charge in [0, 0.05) is 19.3 Å². The average molecular weight is 1320 g/mol. The van der Waals surface area contributed by atoms with Gasteiger partial charge in [0.1, 0.15) is 25.4 Å². The van der Waals surface area contributed by atoms with Crippen LogP contribution in [0.2, 0.25) is 0 Å². The Kier molecular flexibility index (Phi) is 62.2. The lowest BCUT2D eigenvalue weighted by atomic mass is 10.1. The summed E-state index contributed by atoms with van der Waals surface area (Å²) in [6, 6.07) is 0. The van der Waals surface area contributed by atoms with Crippen LogP contribution in [-0.2, 0) is 55.8 Å². The molecule has 0 aliphatic heterocycles. The molecule has 0 aromatic rings. The first kappa shape index (κ1) is 86.4. The highest BCUT2D eigenvalue weighted by molar-refractivity contribution is 7.47. The average Bonchev–Trinajstić information content (AvgIpc) is 3.58. The van der Waals surface area contributed by atoms with Crippen LogP contribution in [0.15, 0.2) is 146 Å². The highest BCUT2D eigenvalue weighted by Gasteiger charge is 2.29. The number of phosphoric acid groups is 2. The molecule has 0 saturated heterocycles. The van der Waals surface area contributed by atoms with E-state index in [2.05, 4.69) is 167 Å². The van der Waals surface area contributed by atoms with Gasteiger partial charge in [0.15, 0.2) is 6.10 Å². The summed E-state index contributed by atoms with van der Waals surface area (Å²) in [7, 11) is -9.80. The number of hydrogen-bond donors (Lipinski definition) is 4. The molecular weight excluding hydrogens is 1190 g/mol. The lowest BCUT2D eigenvalue weighted by Crippen LogP contribution is -2.30. The summed E-state index contributed by atoms with van der Waals surface area (Å²) in [4.78, 5) is 58.3. The van der Waals surface area contributed by atoms with Crippen molar-refractivity contribution in [3.63, 3.8) is 0 Å². The number of ether oxygens (including phenoxy) is 3. The van der Waals surface area contributed by atoms with Crippen LogP contribution in [0.1, 0.15) is 239 Å². The van der Waals surface area contributed by atoms with E-state index in [0.29, 0.717) is 19.3 Å². The van der Waals surface area contributed by atoms with Gasteiger partial charge in [-0.25, -0.2) is 9.13 Å². The Morgan fingerprint density at radius 1 is 0.319 bits per heavy atom. The van der Waals surface area contributed by atoms with E-state index in [4.69, 9.17) is 32.3 Å². The molecule has 18 heteroatoms. The summed E-state index contributed by atoms with van der Waals surface area (Å²) in [6.07, 6.45) is 77.7. The molecule has 0 aliphatic carbocycles. The molecule has 0 aliphatic rings. The van der Waals surface area contributed by atoms with E-state index in [0.717, 1.165) is 141 Å². The molecule has 5 atom stereocenters. The van der Waals surface area contributed by atoms with E-state index in [-0.39, 0.29) is 19.3 Å². The van der Waals surface area contributed by atoms with Gasteiger partial charge >= 0.3 is 33.6 Å². The van der Waals surface area contributed by atoms with Crippen molar-refractivity contribution in [1.29, 1.82) is 0 Å². The molecule has 0 fully saturated rings. The maximum absolute atomic E-state index is 12.9. The van der Waals surface area contributed by atoms with Crippen molar-refractivity contribution in [2.45, 2.75) is 257 Å². The summed E-state index contributed by atoms with van der Waals surface area (Å²) in [5.74, 6) is -1.66. The summed E-state index contributed by atoms with van der Waals surface area (Å²) in [5.41, 5.74) is 0. The second kappa shape index (κ2) is 65.5. The zero-order valence-corrected chi connectivity index (χ0v) is 57.7. The van der Waals surface area contributed by atoms with Crippen molar-refractivity contribution < 1.29 is 75.8 Å². The minimum absolute atomic E-state index is 0.0918. The van der Waals surface area contributed by atoms with Crippen molar-refractivity contribution >= 4 is 33.6 Å². The number of hydrogen-bond acceptors (Lipinski definition) is 14. The zero-order chi connectivity index (χ0) is 66.7. The van der Waals surface area contributed by atoms with E-state index in [9.17, 15) is 43.5 Å². The largest absolute Gasteiger partial charge is 0.472 e. The molecule has 0 heterocycles. The molecule has 16 nitrogen and oxygen atoms in total. The lowest BCUT2D eigenvalue weighted by molar-refractivity contribution is -0.161. The van der Waals surface area contributed by atoms with Crippen LogP contribution < -0.4 is 0 Å². The molecule has 518 valence electrons. The molecule has 0 spiro atoms. The predicted octanol–water partition coefficient (Wildman–Crippen LogP) is 19.0. The second-order valence-electron chi connectivity index (χ2n) is 22.2. The summed E-state index contributed by atoms with van der Waals surface area (Å²) >= 11 is 0. The number of aliphatic hydroxyl groups is 2. The first-order valence-electron chi connectivity index (χ1n) is 34.1. The minimum atomic E-state index is -4.94. The van der Waals surface area contributed by atoms with E-state index in [1.54, 1.807) is 0 Å². The van der Waals surface area contributed by atoms with Crippen molar-refractivity contribution in [3.8, 4) is 0 Å². The third-order valence-electron chi connectivity index (χ3n) is 13.6. The quantitative estimate of drug-likeness (QED) is 0.0146. The van der Waals surface area contributed by atoms with E-state index >= 15 is 0 Å². The van der Waals surface area contributed by atoms with Gasteiger partial charge in [-0.05, 0) is 122 Å². The Balaban J connectivity index is 4.66. The fourth-order valence-corrected chi connectivity index (χ4v) is 9.98. The predicted molar refractivity (Wildman–Crippen MR) is 371 cm³/mol. The standard InChI is InChI=1S/C73H120O16P2/c1-4-7-10-13-16-19-22-24-26-28-30-32-33-35-37-38-40-42-45-47-50-53-56-59-71(76)83-62-68(74)63-85-90(79,80)86-64-69(75)65-87-91(81,82)88-67-70(89-73(78)61-58-55-52-49-44-21-18-15-12-9-6-3)66-84-72(77)60-57-54-51-48-46-43-41-39-36-34-31-29-27-25-23-20-17-14-11-8-5-2/h7-8,10-11,16-17,19-20,24-27,30-32,34-35,37,39-42,46,48,68-70,74-75H,4-6,9,12-15,18,21-23,28-29,33,36,38,43-45,47,49-67H2,1-3H3,(H,79,80)(H,81,82)/b10-7-,11-8-,19-16-,20-17-,26-24-,27-25-,32-30-,34-31-,37-35-,41-39-,42-40-,48-46-. The number of aliphatic hydroxyl groups excluding tert-OH is 2.